The van der Waals surface area contributed by atoms with Gasteiger partial charge >= 0.3 is 0 Å². The first kappa shape index (κ1) is 18.4. The highest BCUT2D eigenvalue weighted by atomic mass is 32.2. The van der Waals surface area contributed by atoms with Crippen molar-refractivity contribution < 1.29 is 4.74 Å². The fourth-order valence-electron chi connectivity index (χ4n) is 2.90. The first-order valence-electron chi connectivity index (χ1n) is 9.07. The van der Waals surface area contributed by atoms with Crippen LogP contribution in [0.2, 0.25) is 0 Å². The highest BCUT2D eigenvalue weighted by molar-refractivity contribution is 7.98. The molecule has 7 heteroatoms. The van der Waals surface area contributed by atoms with E-state index in [1.54, 1.807) is 18.0 Å². The van der Waals surface area contributed by atoms with Crippen molar-refractivity contribution in [2.75, 3.05) is 31.2 Å². The molecule has 3 heterocycles. The zero-order valence-electron chi connectivity index (χ0n) is 15.3. The molecule has 2 aromatic heterocycles. The summed E-state index contributed by atoms with van der Waals surface area (Å²) in [5.74, 6) is 2.26. The number of morpholine rings is 1. The van der Waals surface area contributed by atoms with Gasteiger partial charge in [-0.05, 0) is 36.4 Å². The number of rotatable bonds is 5. The minimum Gasteiger partial charge on any atom is -0.378 e. The molecule has 0 amide bonds. The summed E-state index contributed by atoms with van der Waals surface area (Å²) in [5.41, 5.74) is 2.38. The molecular weight excluding hydrogens is 370 g/mol. The molecule has 0 unspecified atom stereocenters. The Morgan fingerprint density at radius 1 is 1.07 bits per heavy atom. The summed E-state index contributed by atoms with van der Waals surface area (Å²) < 4.78 is 5.47. The minimum absolute atomic E-state index is 0.639. The Morgan fingerprint density at radius 2 is 1.89 bits per heavy atom. The van der Waals surface area contributed by atoms with E-state index in [0.29, 0.717) is 30.4 Å². The highest BCUT2D eigenvalue weighted by Gasteiger charge is 2.16. The SMILES string of the molecule is N#Cc1ccc(SCc2cc(N3CCOCC3)nc(-c3ccccn3)n2)cc1. The molecular formula is C21H19N5OS. The molecule has 1 aromatic carbocycles. The van der Waals surface area contributed by atoms with Crippen LogP contribution in [0.1, 0.15) is 11.3 Å². The van der Waals surface area contributed by atoms with Crippen molar-refractivity contribution in [1.82, 2.24) is 15.0 Å². The summed E-state index contributed by atoms with van der Waals surface area (Å²) in [4.78, 5) is 17.2. The number of thioether (sulfide) groups is 1. The number of hydrogen-bond acceptors (Lipinski definition) is 7. The van der Waals surface area contributed by atoms with E-state index in [4.69, 9.17) is 20.0 Å². The predicted octanol–water partition coefficient (Wildman–Crippen LogP) is 3.54. The molecule has 0 spiro atoms. The van der Waals surface area contributed by atoms with Gasteiger partial charge in [0.25, 0.3) is 0 Å². The van der Waals surface area contributed by atoms with Crippen molar-refractivity contribution in [2.24, 2.45) is 0 Å². The van der Waals surface area contributed by atoms with Crippen LogP contribution in [0.25, 0.3) is 11.5 Å². The average Bonchev–Trinajstić information content (AvgIpc) is 2.79. The van der Waals surface area contributed by atoms with E-state index in [2.05, 4.69) is 22.0 Å². The van der Waals surface area contributed by atoms with Crippen LogP contribution in [0, 0.1) is 11.3 Å². The van der Waals surface area contributed by atoms with Gasteiger partial charge in [0.05, 0.1) is 30.5 Å². The molecule has 140 valence electrons. The van der Waals surface area contributed by atoms with Crippen molar-refractivity contribution in [3.63, 3.8) is 0 Å². The number of anilines is 1. The van der Waals surface area contributed by atoms with E-state index < -0.39 is 0 Å². The Hall–Kier alpha value is -2.95. The van der Waals surface area contributed by atoms with Gasteiger partial charge in [-0.3, -0.25) is 4.98 Å². The van der Waals surface area contributed by atoms with Crippen LogP contribution in [0.15, 0.2) is 59.6 Å². The molecule has 0 N–H and O–H groups in total. The van der Waals surface area contributed by atoms with E-state index in [0.717, 1.165) is 35.2 Å². The fourth-order valence-corrected chi connectivity index (χ4v) is 3.70. The van der Waals surface area contributed by atoms with Crippen LogP contribution in [0.3, 0.4) is 0 Å². The Morgan fingerprint density at radius 3 is 2.61 bits per heavy atom. The average molecular weight is 389 g/mol. The molecule has 0 radical (unpaired) electrons. The molecule has 1 aliphatic heterocycles. The summed E-state index contributed by atoms with van der Waals surface area (Å²) in [6, 6.07) is 17.5. The topological polar surface area (TPSA) is 74.9 Å². The second-order valence-electron chi connectivity index (χ2n) is 6.28. The lowest BCUT2D eigenvalue weighted by Crippen LogP contribution is -2.37. The van der Waals surface area contributed by atoms with Gasteiger partial charge in [0.15, 0.2) is 5.82 Å². The van der Waals surface area contributed by atoms with E-state index in [9.17, 15) is 0 Å². The van der Waals surface area contributed by atoms with Crippen LogP contribution in [0.5, 0.6) is 0 Å². The molecule has 3 aromatic rings. The molecule has 0 aliphatic carbocycles. The predicted molar refractivity (Wildman–Crippen MR) is 109 cm³/mol. The largest absolute Gasteiger partial charge is 0.378 e. The maximum atomic E-state index is 8.94. The smallest absolute Gasteiger partial charge is 0.180 e. The van der Waals surface area contributed by atoms with E-state index in [-0.39, 0.29) is 0 Å². The zero-order valence-corrected chi connectivity index (χ0v) is 16.1. The van der Waals surface area contributed by atoms with Crippen LogP contribution >= 0.6 is 11.8 Å². The van der Waals surface area contributed by atoms with Gasteiger partial charge in [-0.25, -0.2) is 9.97 Å². The number of benzene rings is 1. The Labute approximate surface area is 168 Å². The lowest BCUT2D eigenvalue weighted by atomic mass is 10.2. The van der Waals surface area contributed by atoms with Gasteiger partial charge < -0.3 is 9.64 Å². The quantitative estimate of drug-likeness (QED) is 0.618. The number of aromatic nitrogens is 3. The summed E-state index contributed by atoms with van der Waals surface area (Å²) in [7, 11) is 0. The van der Waals surface area contributed by atoms with Gasteiger partial charge in [-0.1, -0.05) is 6.07 Å². The monoisotopic (exact) mass is 389 g/mol. The summed E-state index contributed by atoms with van der Waals surface area (Å²) >= 11 is 1.69. The Kier molecular flexibility index (Phi) is 5.80. The van der Waals surface area contributed by atoms with Gasteiger partial charge in [0.1, 0.15) is 11.5 Å². The first-order valence-corrected chi connectivity index (χ1v) is 10.1. The van der Waals surface area contributed by atoms with Gasteiger partial charge in [-0.15, -0.1) is 11.8 Å². The molecule has 1 fully saturated rings. The lowest BCUT2D eigenvalue weighted by molar-refractivity contribution is 0.122. The third kappa shape index (κ3) is 4.47. The number of ether oxygens (including phenoxy) is 1. The zero-order chi connectivity index (χ0) is 19.2. The van der Waals surface area contributed by atoms with Gasteiger partial charge in [0.2, 0.25) is 0 Å². The molecule has 4 rings (SSSR count). The molecule has 1 saturated heterocycles. The maximum absolute atomic E-state index is 8.94. The van der Waals surface area contributed by atoms with Crippen molar-refractivity contribution in [3.05, 3.63) is 66.0 Å². The van der Waals surface area contributed by atoms with E-state index >= 15 is 0 Å². The number of hydrogen-bond donors (Lipinski definition) is 0. The van der Waals surface area contributed by atoms with Crippen LogP contribution in [-0.4, -0.2) is 41.3 Å². The second-order valence-corrected chi connectivity index (χ2v) is 7.33. The second kappa shape index (κ2) is 8.83. The number of nitrogens with zero attached hydrogens (tertiary/aromatic N) is 5. The summed E-state index contributed by atoms with van der Waals surface area (Å²) in [6.45, 7) is 3.05. The van der Waals surface area contributed by atoms with E-state index in [1.165, 1.54) is 0 Å². The van der Waals surface area contributed by atoms with Gasteiger partial charge in [-0.2, -0.15) is 5.26 Å². The fraction of sp³-hybridized carbons (Fsp3) is 0.238. The lowest BCUT2D eigenvalue weighted by Gasteiger charge is -2.28. The standard InChI is InChI=1S/C21H19N5OS/c22-14-16-4-6-18(7-5-16)28-15-17-13-20(26-9-11-27-12-10-26)25-21(24-17)19-3-1-2-8-23-19/h1-8,13H,9-12,15H2. The van der Waals surface area contributed by atoms with Crippen molar-refractivity contribution >= 4 is 17.6 Å². The van der Waals surface area contributed by atoms with E-state index in [1.807, 2.05) is 42.5 Å². The van der Waals surface area contributed by atoms with Crippen LogP contribution < -0.4 is 4.90 Å². The molecule has 0 atom stereocenters. The number of nitriles is 1. The van der Waals surface area contributed by atoms with Crippen molar-refractivity contribution in [2.45, 2.75) is 10.6 Å². The summed E-state index contributed by atoms with van der Waals surface area (Å²) in [5, 5.41) is 8.94. The van der Waals surface area contributed by atoms with Crippen molar-refractivity contribution in [1.29, 1.82) is 5.26 Å². The minimum atomic E-state index is 0.639. The van der Waals surface area contributed by atoms with Crippen LogP contribution in [0.4, 0.5) is 5.82 Å². The first-order chi connectivity index (χ1) is 13.8. The molecule has 0 saturated carbocycles. The molecule has 0 bridgehead atoms. The highest BCUT2D eigenvalue weighted by Crippen LogP contribution is 2.26. The third-order valence-corrected chi connectivity index (χ3v) is 5.41. The molecule has 1 aliphatic rings. The van der Waals surface area contributed by atoms with Crippen LogP contribution in [-0.2, 0) is 10.5 Å². The molecule has 6 nitrogen and oxygen atoms in total. The normalized spacial score (nSPS) is 13.9. The van der Waals surface area contributed by atoms with Gasteiger partial charge in [0, 0.05) is 36.0 Å². The Bertz CT molecular complexity index is 966. The maximum Gasteiger partial charge on any atom is 0.180 e. The Balaban J connectivity index is 1.60. The third-order valence-electron chi connectivity index (χ3n) is 4.36. The molecule has 28 heavy (non-hydrogen) atoms. The summed E-state index contributed by atoms with van der Waals surface area (Å²) in [6.07, 6.45) is 1.76. The van der Waals surface area contributed by atoms with Crippen molar-refractivity contribution in [3.8, 4) is 17.6 Å². The number of pyridine rings is 1.